The highest BCUT2D eigenvalue weighted by atomic mass is 16.1. The van der Waals surface area contributed by atoms with Crippen LogP contribution in [0.1, 0.15) is 35.7 Å². The maximum absolute atomic E-state index is 11.5. The molecule has 0 aromatic heterocycles. The lowest BCUT2D eigenvalue weighted by Crippen LogP contribution is -2.20. The molecule has 1 aliphatic rings. The van der Waals surface area contributed by atoms with Gasteiger partial charge in [0.2, 0.25) is 0 Å². The van der Waals surface area contributed by atoms with Gasteiger partial charge in [-0.3, -0.25) is 4.79 Å². The third-order valence-electron chi connectivity index (χ3n) is 3.43. The lowest BCUT2D eigenvalue weighted by atomic mass is 10.1. The maximum atomic E-state index is 11.5. The van der Waals surface area contributed by atoms with Crippen molar-refractivity contribution < 1.29 is 4.79 Å². The third kappa shape index (κ3) is 2.78. The molecule has 3 heteroatoms. The summed E-state index contributed by atoms with van der Waals surface area (Å²) in [5.41, 5.74) is 2.98. The molecule has 1 amide bonds. The van der Waals surface area contributed by atoms with Crippen LogP contribution in [0.5, 0.6) is 0 Å². The second-order valence-electron chi connectivity index (χ2n) is 4.88. The van der Waals surface area contributed by atoms with Gasteiger partial charge < -0.3 is 10.6 Å². The summed E-state index contributed by atoms with van der Waals surface area (Å²) >= 11 is 0. The minimum atomic E-state index is -0.0325. The Morgan fingerprint density at radius 1 is 1.41 bits per heavy atom. The Bertz CT molecular complexity index is 424. The molecular formula is C14H20N2O. The molecular weight excluding hydrogens is 212 g/mol. The van der Waals surface area contributed by atoms with Crippen LogP contribution in [-0.2, 0) is 0 Å². The van der Waals surface area contributed by atoms with Crippen molar-refractivity contribution in [2.45, 2.75) is 32.7 Å². The zero-order chi connectivity index (χ0) is 12.4. The van der Waals surface area contributed by atoms with Crippen molar-refractivity contribution in [1.29, 1.82) is 0 Å². The lowest BCUT2D eigenvalue weighted by Gasteiger charge is -2.16. The highest BCUT2D eigenvalue weighted by Crippen LogP contribution is 2.34. The molecule has 0 aliphatic heterocycles. The van der Waals surface area contributed by atoms with E-state index in [1.165, 1.54) is 12.8 Å². The topological polar surface area (TPSA) is 41.1 Å². The largest absolute Gasteiger partial charge is 0.382 e. The van der Waals surface area contributed by atoms with Gasteiger partial charge in [0, 0.05) is 24.3 Å². The third-order valence-corrected chi connectivity index (χ3v) is 3.43. The van der Waals surface area contributed by atoms with Gasteiger partial charge in [-0.2, -0.15) is 0 Å². The monoisotopic (exact) mass is 232 g/mol. The van der Waals surface area contributed by atoms with E-state index >= 15 is 0 Å². The van der Waals surface area contributed by atoms with Gasteiger partial charge in [-0.25, -0.2) is 0 Å². The maximum Gasteiger partial charge on any atom is 0.251 e. The molecule has 1 aromatic rings. The van der Waals surface area contributed by atoms with E-state index in [0.29, 0.717) is 6.04 Å². The van der Waals surface area contributed by atoms with Crippen LogP contribution < -0.4 is 10.6 Å². The number of rotatable bonds is 4. The van der Waals surface area contributed by atoms with E-state index in [2.05, 4.69) is 17.6 Å². The number of hydrogen-bond acceptors (Lipinski definition) is 2. The first kappa shape index (κ1) is 12.0. The fourth-order valence-corrected chi connectivity index (χ4v) is 2.07. The first-order valence-corrected chi connectivity index (χ1v) is 6.21. The molecule has 0 heterocycles. The number of hydrogen-bond donors (Lipinski definition) is 2. The van der Waals surface area contributed by atoms with E-state index in [0.717, 1.165) is 22.7 Å². The van der Waals surface area contributed by atoms with Crippen molar-refractivity contribution in [1.82, 2.24) is 5.32 Å². The number of carbonyl (C=O) groups is 1. The molecule has 0 saturated heterocycles. The summed E-state index contributed by atoms with van der Waals surface area (Å²) in [6.45, 7) is 4.26. The fraction of sp³-hybridized carbons (Fsp3) is 0.500. The van der Waals surface area contributed by atoms with E-state index < -0.39 is 0 Å². The van der Waals surface area contributed by atoms with Crippen molar-refractivity contribution in [3.63, 3.8) is 0 Å². The number of anilines is 1. The molecule has 3 nitrogen and oxygen atoms in total. The van der Waals surface area contributed by atoms with E-state index in [-0.39, 0.29) is 5.91 Å². The second kappa shape index (κ2) is 4.78. The predicted octanol–water partition coefficient (Wildman–Crippen LogP) is 2.57. The van der Waals surface area contributed by atoms with Crippen molar-refractivity contribution in [2.24, 2.45) is 5.92 Å². The molecule has 1 aromatic carbocycles. The molecule has 0 spiro atoms. The van der Waals surface area contributed by atoms with Crippen molar-refractivity contribution >= 4 is 11.6 Å². The predicted molar refractivity (Wildman–Crippen MR) is 70.4 cm³/mol. The van der Waals surface area contributed by atoms with Crippen molar-refractivity contribution in [3.05, 3.63) is 29.3 Å². The lowest BCUT2D eigenvalue weighted by molar-refractivity contribution is 0.0963. The highest BCUT2D eigenvalue weighted by molar-refractivity contribution is 5.94. The number of benzene rings is 1. The minimum Gasteiger partial charge on any atom is -0.382 e. The quantitative estimate of drug-likeness (QED) is 0.837. The van der Waals surface area contributed by atoms with Gasteiger partial charge in [0.1, 0.15) is 0 Å². The van der Waals surface area contributed by atoms with Crippen LogP contribution in [0.25, 0.3) is 0 Å². The van der Waals surface area contributed by atoms with Gasteiger partial charge in [0.25, 0.3) is 5.91 Å². The summed E-state index contributed by atoms with van der Waals surface area (Å²) in [7, 11) is 1.65. The van der Waals surface area contributed by atoms with Crippen LogP contribution in [0.2, 0.25) is 0 Å². The number of aryl methyl sites for hydroxylation is 1. The van der Waals surface area contributed by atoms with Gasteiger partial charge >= 0.3 is 0 Å². The summed E-state index contributed by atoms with van der Waals surface area (Å²) in [5, 5.41) is 6.16. The number of carbonyl (C=O) groups excluding carboxylic acids is 1. The molecule has 2 N–H and O–H groups in total. The van der Waals surface area contributed by atoms with Crippen molar-refractivity contribution in [2.75, 3.05) is 12.4 Å². The summed E-state index contributed by atoms with van der Waals surface area (Å²) in [6, 6.07) is 6.33. The summed E-state index contributed by atoms with van der Waals surface area (Å²) < 4.78 is 0. The van der Waals surface area contributed by atoms with Crippen LogP contribution in [0.15, 0.2) is 18.2 Å². The van der Waals surface area contributed by atoms with Gasteiger partial charge in [0.15, 0.2) is 0 Å². The normalized spacial score (nSPS) is 16.4. The Balaban J connectivity index is 2.10. The smallest absolute Gasteiger partial charge is 0.251 e. The molecule has 17 heavy (non-hydrogen) atoms. The van der Waals surface area contributed by atoms with E-state index in [4.69, 9.17) is 0 Å². The summed E-state index contributed by atoms with van der Waals surface area (Å²) in [6.07, 6.45) is 2.67. The SMILES string of the molecule is CNC(=O)c1ccc(NC(C)C2CC2)c(C)c1. The first-order valence-electron chi connectivity index (χ1n) is 6.21. The van der Waals surface area contributed by atoms with Gasteiger partial charge in [-0.1, -0.05) is 0 Å². The average Bonchev–Trinajstić information content (AvgIpc) is 3.14. The van der Waals surface area contributed by atoms with E-state index in [1.807, 2.05) is 25.1 Å². The van der Waals surface area contributed by atoms with E-state index in [1.54, 1.807) is 7.05 Å². The molecule has 1 aliphatic carbocycles. The number of nitrogens with one attached hydrogen (secondary N) is 2. The molecule has 92 valence electrons. The van der Waals surface area contributed by atoms with Crippen LogP contribution in [-0.4, -0.2) is 19.0 Å². The zero-order valence-corrected chi connectivity index (χ0v) is 10.7. The fourth-order valence-electron chi connectivity index (χ4n) is 2.07. The van der Waals surface area contributed by atoms with Gasteiger partial charge in [-0.05, 0) is 56.4 Å². The van der Waals surface area contributed by atoms with Crippen LogP contribution in [0.3, 0.4) is 0 Å². The van der Waals surface area contributed by atoms with Gasteiger partial charge in [0.05, 0.1) is 0 Å². The second-order valence-corrected chi connectivity index (χ2v) is 4.88. The molecule has 1 saturated carbocycles. The standard InChI is InChI=1S/C14H20N2O/c1-9-8-12(14(17)15-3)6-7-13(9)16-10(2)11-4-5-11/h6-8,10-11,16H,4-5H2,1-3H3,(H,15,17). The Hall–Kier alpha value is -1.51. The molecule has 0 radical (unpaired) electrons. The Morgan fingerprint density at radius 2 is 2.12 bits per heavy atom. The molecule has 2 rings (SSSR count). The van der Waals surface area contributed by atoms with E-state index in [9.17, 15) is 4.79 Å². The Labute approximate surface area is 103 Å². The summed E-state index contributed by atoms with van der Waals surface area (Å²) in [5.74, 6) is 0.794. The van der Waals surface area contributed by atoms with Crippen LogP contribution in [0.4, 0.5) is 5.69 Å². The average molecular weight is 232 g/mol. The Morgan fingerprint density at radius 3 is 2.65 bits per heavy atom. The molecule has 1 atom stereocenters. The summed E-state index contributed by atoms with van der Waals surface area (Å²) in [4.78, 5) is 11.5. The molecule has 1 unspecified atom stereocenters. The molecule has 0 bridgehead atoms. The van der Waals surface area contributed by atoms with Crippen molar-refractivity contribution in [3.8, 4) is 0 Å². The van der Waals surface area contributed by atoms with Crippen LogP contribution in [0, 0.1) is 12.8 Å². The van der Waals surface area contributed by atoms with Gasteiger partial charge in [-0.15, -0.1) is 0 Å². The Kier molecular flexibility index (Phi) is 3.36. The molecule has 1 fully saturated rings. The highest BCUT2D eigenvalue weighted by Gasteiger charge is 2.27. The zero-order valence-electron chi connectivity index (χ0n) is 10.7. The van der Waals surface area contributed by atoms with Crippen LogP contribution >= 0.6 is 0 Å². The number of amides is 1. The first-order chi connectivity index (χ1) is 8.11. The minimum absolute atomic E-state index is 0.0325.